The number of nitrogens with zero attached hydrogens (tertiary/aromatic N) is 1. The predicted molar refractivity (Wildman–Crippen MR) is 137 cm³/mol. The van der Waals surface area contributed by atoms with Crippen LogP contribution < -0.4 is 11.1 Å². The molecule has 11 heteroatoms. The minimum Gasteiger partial charge on any atom is -0.393 e. The van der Waals surface area contributed by atoms with Crippen LogP contribution in [0.2, 0.25) is 0 Å². The first-order valence-corrected chi connectivity index (χ1v) is 13.8. The summed E-state index contributed by atoms with van der Waals surface area (Å²) < 4.78 is 42.6. The Kier molecular flexibility index (Phi) is 7.65. The summed E-state index contributed by atoms with van der Waals surface area (Å²) in [6.07, 6.45) is 5.62. The maximum atomic E-state index is 15.1. The standard InChI is InChI=1S/C26H30FN3O6S/c27-26(12-10-19(31)11-13-26)16-29-22-9-7-20(15-23(22)30(33)34)37(35,36)24-14-18(25(28)32)6-8-21(24)17-4-2-1-3-5-17/h4,6-9,14-15,19,29,31H,1-3,5,10-13,16H2,(H2,28,32). The zero-order valence-corrected chi connectivity index (χ0v) is 21.1. The van der Waals surface area contributed by atoms with Crippen LogP contribution in [0.1, 0.15) is 67.3 Å². The zero-order chi connectivity index (χ0) is 26.8. The van der Waals surface area contributed by atoms with E-state index in [9.17, 15) is 28.4 Å². The van der Waals surface area contributed by atoms with E-state index in [2.05, 4.69) is 5.32 Å². The smallest absolute Gasteiger partial charge is 0.293 e. The molecule has 2 aromatic rings. The summed E-state index contributed by atoms with van der Waals surface area (Å²) in [5, 5.41) is 24.2. The van der Waals surface area contributed by atoms with Gasteiger partial charge in [0.1, 0.15) is 11.4 Å². The van der Waals surface area contributed by atoms with Gasteiger partial charge in [-0.05, 0) is 86.8 Å². The molecule has 9 nitrogen and oxygen atoms in total. The van der Waals surface area contributed by atoms with Gasteiger partial charge in [-0.3, -0.25) is 14.9 Å². The summed E-state index contributed by atoms with van der Waals surface area (Å²) in [7, 11) is -4.28. The third kappa shape index (κ3) is 5.83. The fourth-order valence-electron chi connectivity index (χ4n) is 4.90. The fraction of sp³-hybridized carbons (Fsp3) is 0.423. The molecule has 0 atom stereocenters. The van der Waals surface area contributed by atoms with E-state index in [-0.39, 0.29) is 40.4 Å². The first-order valence-electron chi connectivity index (χ1n) is 12.3. The second kappa shape index (κ2) is 10.6. The van der Waals surface area contributed by atoms with Gasteiger partial charge in [-0.2, -0.15) is 0 Å². The SMILES string of the molecule is NC(=O)c1ccc(C2=CCCCC2)c(S(=O)(=O)c2ccc(NCC3(F)CCC(O)CC3)c([N+](=O)[O-])c2)c1. The monoisotopic (exact) mass is 531 g/mol. The highest BCUT2D eigenvalue weighted by molar-refractivity contribution is 7.91. The molecule has 0 bridgehead atoms. The Morgan fingerprint density at radius 2 is 1.92 bits per heavy atom. The van der Waals surface area contributed by atoms with Crippen LogP contribution in [0.5, 0.6) is 0 Å². The number of carbonyl (C=O) groups excluding carboxylic acids is 1. The maximum absolute atomic E-state index is 15.1. The molecule has 2 aliphatic rings. The number of allylic oxidation sites excluding steroid dienone is 2. The largest absolute Gasteiger partial charge is 0.393 e. The van der Waals surface area contributed by atoms with Crippen LogP contribution >= 0.6 is 0 Å². The summed E-state index contributed by atoms with van der Waals surface area (Å²) in [6.45, 7) is -0.203. The maximum Gasteiger partial charge on any atom is 0.293 e. The van der Waals surface area contributed by atoms with Gasteiger partial charge in [0, 0.05) is 18.2 Å². The molecule has 0 spiro atoms. The molecule has 1 amide bonds. The van der Waals surface area contributed by atoms with Crippen molar-refractivity contribution in [3.63, 3.8) is 0 Å². The van der Waals surface area contributed by atoms with Crippen molar-refractivity contribution in [1.29, 1.82) is 0 Å². The number of benzene rings is 2. The minimum atomic E-state index is -4.28. The number of amides is 1. The van der Waals surface area contributed by atoms with Crippen LogP contribution in [-0.4, -0.2) is 42.7 Å². The lowest BCUT2D eigenvalue weighted by Crippen LogP contribution is -2.38. The Labute approximate surface area is 214 Å². The van der Waals surface area contributed by atoms with Crippen molar-refractivity contribution in [3.05, 3.63) is 63.7 Å². The lowest BCUT2D eigenvalue weighted by atomic mass is 9.85. The molecule has 2 aliphatic carbocycles. The molecule has 0 saturated heterocycles. The van der Waals surface area contributed by atoms with Gasteiger partial charge in [0.25, 0.3) is 5.69 Å². The number of sulfone groups is 1. The van der Waals surface area contributed by atoms with E-state index in [4.69, 9.17) is 5.73 Å². The summed E-state index contributed by atoms with van der Waals surface area (Å²) in [6, 6.07) is 7.67. The number of anilines is 1. The van der Waals surface area contributed by atoms with E-state index < -0.39 is 38.1 Å². The number of alkyl halides is 1. The van der Waals surface area contributed by atoms with Crippen molar-refractivity contribution in [2.75, 3.05) is 11.9 Å². The molecule has 0 aromatic heterocycles. The quantitative estimate of drug-likeness (QED) is 0.334. The van der Waals surface area contributed by atoms with Gasteiger partial charge in [0.05, 0.1) is 20.8 Å². The molecule has 4 rings (SSSR count). The average Bonchev–Trinajstić information content (AvgIpc) is 2.89. The highest BCUT2D eigenvalue weighted by Gasteiger charge is 2.35. The van der Waals surface area contributed by atoms with E-state index in [1.54, 1.807) is 6.07 Å². The molecule has 0 radical (unpaired) electrons. The molecular formula is C26H30FN3O6S. The Morgan fingerprint density at radius 3 is 2.54 bits per heavy atom. The van der Waals surface area contributed by atoms with Crippen LogP contribution in [0.3, 0.4) is 0 Å². The van der Waals surface area contributed by atoms with Crippen molar-refractivity contribution in [1.82, 2.24) is 0 Å². The first-order chi connectivity index (χ1) is 17.5. The number of halogens is 1. The molecule has 4 N–H and O–H groups in total. The van der Waals surface area contributed by atoms with Gasteiger partial charge in [-0.25, -0.2) is 12.8 Å². The molecular weight excluding hydrogens is 501 g/mol. The number of aliphatic hydroxyl groups excluding tert-OH is 1. The number of nitro benzene ring substituents is 1. The summed E-state index contributed by atoms with van der Waals surface area (Å²) in [5.41, 5.74) is 4.54. The lowest BCUT2D eigenvalue weighted by Gasteiger charge is -2.32. The zero-order valence-electron chi connectivity index (χ0n) is 20.3. The number of carbonyl (C=O) groups is 1. The third-order valence-corrected chi connectivity index (χ3v) is 8.91. The molecule has 2 aromatic carbocycles. The Balaban J connectivity index is 1.71. The van der Waals surface area contributed by atoms with Crippen molar-refractivity contribution in [2.24, 2.45) is 5.73 Å². The van der Waals surface area contributed by atoms with Crippen molar-refractivity contribution < 1.29 is 27.6 Å². The molecule has 1 fully saturated rings. The summed E-state index contributed by atoms with van der Waals surface area (Å²) in [4.78, 5) is 22.5. The van der Waals surface area contributed by atoms with Crippen LogP contribution in [0.4, 0.5) is 15.8 Å². The first kappa shape index (κ1) is 26.7. The summed E-state index contributed by atoms with van der Waals surface area (Å²) in [5.74, 6) is -0.790. The molecule has 0 unspecified atom stereocenters. The van der Waals surface area contributed by atoms with E-state index in [1.165, 1.54) is 24.3 Å². The van der Waals surface area contributed by atoms with Gasteiger partial charge < -0.3 is 16.2 Å². The number of hydrogen-bond acceptors (Lipinski definition) is 7. The van der Waals surface area contributed by atoms with Crippen molar-refractivity contribution in [2.45, 2.75) is 72.9 Å². The number of primary amides is 1. The van der Waals surface area contributed by atoms with Gasteiger partial charge >= 0.3 is 0 Å². The van der Waals surface area contributed by atoms with E-state index in [0.29, 0.717) is 24.8 Å². The van der Waals surface area contributed by atoms with Crippen LogP contribution in [-0.2, 0) is 9.84 Å². The van der Waals surface area contributed by atoms with E-state index >= 15 is 4.39 Å². The van der Waals surface area contributed by atoms with Crippen molar-refractivity contribution >= 4 is 32.7 Å². The Morgan fingerprint density at radius 1 is 1.19 bits per heavy atom. The fourth-order valence-corrected chi connectivity index (χ4v) is 6.44. The van der Waals surface area contributed by atoms with Gasteiger partial charge in [0.2, 0.25) is 15.7 Å². The molecule has 37 heavy (non-hydrogen) atoms. The van der Waals surface area contributed by atoms with Crippen LogP contribution in [0.15, 0.2) is 52.3 Å². The van der Waals surface area contributed by atoms with Gasteiger partial charge in [-0.15, -0.1) is 0 Å². The van der Waals surface area contributed by atoms with E-state index in [0.717, 1.165) is 30.9 Å². The number of nitrogens with one attached hydrogen (secondary N) is 1. The van der Waals surface area contributed by atoms with Crippen molar-refractivity contribution in [3.8, 4) is 0 Å². The number of nitro groups is 1. The second-order valence-electron chi connectivity index (χ2n) is 9.73. The van der Waals surface area contributed by atoms with E-state index in [1.807, 2.05) is 6.08 Å². The number of nitrogens with two attached hydrogens (primary N) is 1. The number of hydrogen-bond donors (Lipinski definition) is 3. The van der Waals surface area contributed by atoms with Crippen LogP contribution in [0, 0.1) is 10.1 Å². The average molecular weight is 532 g/mol. The molecule has 0 heterocycles. The second-order valence-corrected chi connectivity index (χ2v) is 11.6. The predicted octanol–water partition coefficient (Wildman–Crippen LogP) is 4.54. The Hall–Kier alpha value is -3.31. The lowest BCUT2D eigenvalue weighted by molar-refractivity contribution is -0.384. The topological polar surface area (TPSA) is 153 Å². The highest BCUT2D eigenvalue weighted by Crippen LogP contribution is 2.38. The Bertz CT molecular complexity index is 1350. The summed E-state index contributed by atoms with van der Waals surface area (Å²) >= 11 is 0. The number of rotatable bonds is 8. The molecule has 198 valence electrons. The van der Waals surface area contributed by atoms with Gasteiger partial charge in [-0.1, -0.05) is 12.1 Å². The van der Waals surface area contributed by atoms with Gasteiger partial charge in [0.15, 0.2) is 0 Å². The molecule has 0 aliphatic heterocycles. The van der Waals surface area contributed by atoms with Crippen LogP contribution in [0.25, 0.3) is 5.57 Å². The highest BCUT2D eigenvalue weighted by atomic mass is 32.2. The molecule has 1 saturated carbocycles. The minimum absolute atomic E-state index is 0.00630. The number of aliphatic hydroxyl groups is 1. The normalized spacial score (nSPS) is 22.2. The third-order valence-electron chi connectivity index (χ3n) is 7.12.